The summed E-state index contributed by atoms with van der Waals surface area (Å²) in [6.07, 6.45) is 3.09. The van der Waals surface area contributed by atoms with E-state index in [0.29, 0.717) is 5.92 Å². The number of nitrogens with one attached hydrogen (secondary N) is 1. The van der Waals surface area contributed by atoms with Gasteiger partial charge in [-0.1, -0.05) is 30.3 Å². The Kier molecular flexibility index (Phi) is 11.3. The first kappa shape index (κ1) is 25.1. The highest BCUT2D eigenvalue weighted by molar-refractivity contribution is 5.85. The quantitative estimate of drug-likeness (QED) is 0.724. The molecule has 1 aromatic rings. The molecular formula is C18H29Cl2F2N3O. The van der Waals surface area contributed by atoms with Crippen LogP contribution < -0.4 is 11.1 Å². The normalized spacial score (nSPS) is 16.9. The Hall–Kier alpha value is -0.950. The number of likely N-dealkylation sites (tertiary alicyclic amines) is 1. The average molecular weight is 412 g/mol. The van der Waals surface area contributed by atoms with E-state index in [1.54, 1.807) is 6.92 Å². The lowest BCUT2D eigenvalue weighted by Crippen LogP contribution is -2.51. The summed E-state index contributed by atoms with van der Waals surface area (Å²) >= 11 is 0. The number of hydrogen-bond acceptors (Lipinski definition) is 3. The summed E-state index contributed by atoms with van der Waals surface area (Å²) in [5.41, 5.74) is 6.32. The van der Waals surface area contributed by atoms with Gasteiger partial charge < -0.3 is 11.1 Å². The van der Waals surface area contributed by atoms with Crippen LogP contribution in [0.4, 0.5) is 8.78 Å². The van der Waals surface area contributed by atoms with Crippen LogP contribution in [-0.2, 0) is 11.2 Å². The van der Waals surface area contributed by atoms with Gasteiger partial charge in [-0.3, -0.25) is 9.69 Å². The number of benzene rings is 1. The van der Waals surface area contributed by atoms with Gasteiger partial charge in [0, 0.05) is 0 Å². The lowest BCUT2D eigenvalue weighted by Gasteiger charge is -2.35. The Morgan fingerprint density at radius 3 is 2.38 bits per heavy atom. The highest BCUT2D eigenvalue weighted by Gasteiger charge is 2.30. The monoisotopic (exact) mass is 411 g/mol. The first-order valence-corrected chi connectivity index (χ1v) is 8.55. The van der Waals surface area contributed by atoms with Gasteiger partial charge in [0.25, 0.3) is 5.92 Å². The molecule has 150 valence electrons. The third-order valence-electron chi connectivity index (χ3n) is 4.76. The summed E-state index contributed by atoms with van der Waals surface area (Å²) in [6.45, 7) is 1.95. The van der Waals surface area contributed by atoms with Crippen molar-refractivity contribution in [1.82, 2.24) is 10.2 Å². The van der Waals surface area contributed by atoms with E-state index in [2.05, 4.69) is 22.3 Å². The Labute approximate surface area is 166 Å². The van der Waals surface area contributed by atoms with Crippen LogP contribution in [0.3, 0.4) is 0 Å². The van der Waals surface area contributed by atoms with Gasteiger partial charge in [-0.2, -0.15) is 0 Å². The molecule has 0 aliphatic carbocycles. The zero-order chi connectivity index (χ0) is 17.6. The van der Waals surface area contributed by atoms with Crippen LogP contribution in [0.15, 0.2) is 30.3 Å². The molecule has 8 heteroatoms. The molecule has 1 atom stereocenters. The first-order valence-electron chi connectivity index (χ1n) is 8.55. The van der Waals surface area contributed by atoms with Gasteiger partial charge in [-0.25, -0.2) is 8.78 Å². The summed E-state index contributed by atoms with van der Waals surface area (Å²) in [7, 11) is 0. The largest absolute Gasteiger partial charge is 0.349 e. The van der Waals surface area contributed by atoms with E-state index >= 15 is 0 Å². The standard InChI is InChI=1S/C18H27F2N3O.2ClH/c1-14(17(24)22-13-18(19,20)12-21)23-9-7-16(8-10-23)11-15-5-3-2-4-6-15;;/h2-6,14,16H,7-13,21H2,1H3,(H,22,24);2*1H. The van der Waals surface area contributed by atoms with Gasteiger partial charge in [0.2, 0.25) is 5.91 Å². The molecule has 1 aliphatic heterocycles. The van der Waals surface area contributed by atoms with Crippen LogP contribution >= 0.6 is 24.8 Å². The van der Waals surface area contributed by atoms with E-state index in [-0.39, 0.29) is 30.7 Å². The molecule has 1 heterocycles. The van der Waals surface area contributed by atoms with Crippen LogP contribution in [0, 0.1) is 5.92 Å². The van der Waals surface area contributed by atoms with Crippen molar-refractivity contribution in [3.63, 3.8) is 0 Å². The average Bonchev–Trinajstić information content (AvgIpc) is 2.61. The van der Waals surface area contributed by atoms with Crippen molar-refractivity contribution in [2.45, 2.75) is 38.2 Å². The first-order chi connectivity index (χ1) is 11.4. The number of nitrogens with zero attached hydrogens (tertiary/aromatic N) is 1. The van der Waals surface area contributed by atoms with Crippen molar-refractivity contribution >= 4 is 30.7 Å². The van der Waals surface area contributed by atoms with Crippen LogP contribution in [0.25, 0.3) is 0 Å². The van der Waals surface area contributed by atoms with Crippen molar-refractivity contribution < 1.29 is 13.6 Å². The summed E-state index contributed by atoms with van der Waals surface area (Å²) < 4.78 is 26.2. The number of alkyl halides is 2. The predicted octanol–water partition coefficient (Wildman–Crippen LogP) is 2.88. The second kappa shape index (κ2) is 11.7. The Morgan fingerprint density at radius 2 is 1.85 bits per heavy atom. The fourth-order valence-corrected chi connectivity index (χ4v) is 3.09. The van der Waals surface area contributed by atoms with E-state index in [1.807, 2.05) is 18.2 Å². The second-order valence-electron chi connectivity index (χ2n) is 6.62. The molecule has 1 unspecified atom stereocenters. The van der Waals surface area contributed by atoms with Crippen molar-refractivity contribution in [2.24, 2.45) is 11.7 Å². The van der Waals surface area contributed by atoms with Gasteiger partial charge in [0.1, 0.15) is 0 Å². The molecule has 1 aliphatic rings. The van der Waals surface area contributed by atoms with E-state index in [1.165, 1.54) is 5.56 Å². The van der Waals surface area contributed by atoms with Crippen molar-refractivity contribution in [3.05, 3.63) is 35.9 Å². The summed E-state index contributed by atoms with van der Waals surface area (Å²) in [6, 6.07) is 10.00. The molecule has 0 aromatic heterocycles. The third kappa shape index (κ3) is 7.74. The van der Waals surface area contributed by atoms with Crippen molar-refractivity contribution in [3.8, 4) is 0 Å². The topological polar surface area (TPSA) is 58.4 Å². The number of halogens is 4. The fourth-order valence-electron chi connectivity index (χ4n) is 3.09. The van der Waals surface area contributed by atoms with Gasteiger partial charge in [0.05, 0.1) is 19.1 Å². The number of piperidine rings is 1. The maximum absolute atomic E-state index is 13.1. The summed E-state index contributed by atoms with van der Waals surface area (Å²) in [4.78, 5) is 14.1. The van der Waals surface area contributed by atoms with E-state index < -0.39 is 25.1 Å². The number of amides is 1. The lowest BCUT2D eigenvalue weighted by molar-refractivity contribution is -0.128. The van der Waals surface area contributed by atoms with E-state index in [4.69, 9.17) is 5.73 Å². The predicted molar refractivity (Wildman–Crippen MR) is 105 cm³/mol. The molecule has 2 rings (SSSR count). The number of carbonyl (C=O) groups is 1. The zero-order valence-electron chi connectivity index (χ0n) is 15.0. The maximum atomic E-state index is 13.1. The molecule has 0 bridgehead atoms. The fraction of sp³-hybridized carbons (Fsp3) is 0.611. The zero-order valence-corrected chi connectivity index (χ0v) is 16.6. The van der Waals surface area contributed by atoms with Crippen molar-refractivity contribution in [2.75, 3.05) is 26.2 Å². The minimum atomic E-state index is -3.04. The number of nitrogens with two attached hydrogens (primary N) is 1. The summed E-state index contributed by atoms with van der Waals surface area (Å²) in [5, 5.41) is 2.31. The van der Waals surface area contributed by atoms with Gasteiger partial charge in [0.15, 0.2) is 0 Å². The number of carbonyl (C=O) groups excluding carboxylic acids is 1. The second-order valence-corrected chi connectivity index (χ2v) is 6.62. The highest BCUT2D eigenvalue weighted by Crippen LogP contribution is 2.23. The third-order valence-corrected chi connectivity index (χ3v) is 4.76. The maximum Gasteiger partial charge on any atom is 0.277 e. The van der Waals surface area contributed by atoms with Crippen molar-refractivity contribution in [1.29, 1.82) is 0 Å². The smallest absolute Gasteiger partial charge is 0.277 e. The van der Waals surface area contributed by atoms with E-state index in [9.17, 15) is 13.6 Å². The number of hydrogen-bond donors (Lipinski definition) is 2. The molecule has 4 nitrogen and oxygen atoms in total. The molecule has 1 saturated heterocycles. The number of rotatable bonds is 7. The minimum absolute atomic E-state index is 0. The molecular weight excluding hydrogens is 383 g/mol. The van der Waals surface area contributed by atoms with Gasteiger partial charge in [-0.05, 0) is 50.8 Å². The Morgan fingerprint density at radius 1 is 1.27 bits per heavy atom. The van der Waals surface area contributed by atoms with Crippen LogP contribution in [-0.4, -0.2) is 49.0 Å². The molecule has 3 N–H and O–H groups in total. The molecule has 26 heavy (non-hydrogen) atoms. The SMILES string of the molecule is CC(C(=O)NCC(F)(F)CN)N1CCC(Cc2ccccc2)CC1.Cl.Cl. The van der Waals surface area contributed by atoms with Crippen LogP contribution in [0.2, 0.25) is 0 Å². The van der Waals surface area contributed by atoms with Crippen LogP contribution in [0.1, 0.15) is 25.3 Å². The Bertz CT molecular complexity index is 526. The van der Waals surface area contributed by atoms with Gasteiger partial charge in [-0.15, -0.1) is 24.8 Å². The molecule has 0 saturated carbocycles. The van der Waals surface area contributed by atoms with Gasteiger partial charge >= 0.3 is 0 Å². The molecule has 1 amide bonds. The lowest BCUT2D eigenvalue weighted by atomic mass is 9.89. The van der Waals surface area contributed by atoms with E-state index in [0.717, 1.165) is 32.4 Å². The van der Waals surface area contributed by atoms with Crippen LogP contribution in [0.5, 0.6) is 0 Å². The minimum Gasteiger partial charge on any atom is -0.349 e. The molecule has 1 fully saturated rings. The molecule has 0 spiro atoms. The highest BCUT2D eigenvalue weighted by atomic mass is 35.5. The summed E-state index contributed by atoms with van der Waals surface area (Å²) in [5.74, 6) is -2.79. The molecule has 1 aromatic carbocycles. The Balaban J connectivity index is 0.00000312. The molecule has 0 radical (unpaired) electrons.